The van der Waals surface area contributed by atoms with E-state index in [-0.39, 0.29) is 0 Å². The number of para-hydroxylation sites is 1. The van der Waals surface area contributed by atoms with Crippen molar-refractivity contribution in [2.24, 2.45) is 0 Å². The van der Waals surface area contributed by atoms with Gasteiger partial charge in [-0.2, -0.15) is 0 Å². The van der Waals surface area contributed by atoms with Crippen LogP contribution in [0.25, 0.3) is 0 Å². The van der Waals surface area contributed by atoms with Crippen LogP contribution < -0.4 is 14.8 Å². The summed E-state index contributed by atoms with van der Waals surface area (Å²) >= 11 is 0. The summed E-state index contributed by atoms with van der Waals surface area (Å²) in [6.45, 7) is 6.10. The largest absolute Gasteiger partial charge is 0.493 e. The van der Waals surface area contributed by atoms with Gasteiger partial charge in [-0.15, -0.1) is 0 Å². The van der Waals surface area contributed by atoms with E-state index in [9.17, 15) is 0 Å². The molecule has 2 rings (SSSR count). The predicted octanol–water partition coefficient (Wildman–Crippen LogP) is 3.09. The third kappa shape index (κ3) is 3.95. The maximum absolute atomic E-state index is 5.59. The van der Waals surface area contributed by atoms with Gasteiger partial charge >= 0.3 is 0 Å². The highest BCUT2D eigenvalue weighted by atomic mass is 16.5. The summed E-state index contributed by atoms with van der Waals surface area (Å²) in [6, 6.07) is 9.97. The molecule has 1 aromatic heterocycles. The van der Waals surface area contributed by atoms with Crippen molar-refractivity contribution in [1.82, 2.24) is 10.3 Å². The van der Waals surface area contributed by atoms with E-state index < -0.39 is 0 Å². The van der Waals surface area contributed by atoms with E-state index in [1.807, 2.05) is 37.4 Å². The number of rotatable bonds is 7. The fourth-order valence-corrected chi connectivity index (χ4v) is 2.22. The van der Waals surface area contributed by atoms with Gasteiger partial charge in [0.05, 0.1) is 19.4 Å². The maximum Gasteiger partial charge on any atom is 0.165 e. The third-order valence-corrected chi connectivity index (χ3v) is 3.29. The molecule has 0 atom stereocenters. The summed E-state index contributed by atoms with van der Waals surface area (Å²) in [4.78, 5) is 4.38. The van der Waals surface area contributed by atoms with Crippen molar-refractivity contribution in [3.8, 4) is 11.5 Å². The van der Waals surface area contributed by atoms with Gasteiger partial charge in [-0.1, -0.05) is 18.2 Å². The van der Waals surface area contributed by atoms with Crippen LogP contribution in [-0.2, 0) is 13.1 Å². The van der Waals surface area contributed by atoms with E-state index in [4.69, 9.17) is 9.47 Å². The molecule has 0 spiro atoms. The highest BCUT2D eigenvalue weighted by Crippen LogP contribution is 2.30. The number of nitrogens with zero attached hydrogens (tertiary/aromatic N) is 1. The Morgan fingerprint density at radius 1 is 1.14 bits per heavy atom. The monoisotopic (exact) mass is 286 g/mol. The van der Waals surface area contributed by atoms with Crippen LogP contribution in [0.4, 0.5) is 0 Å². The zero-order valence-electron chi connectivity index (χ0n) is 12.8. The number of hydrogen-bond acceptors (Lipinski definition) is 4. The van der Waals surface area contributed by atoms with Gasteiger partial charge in [-0.3, -0.25) is 4.98 Å². The molecule has 0 unspecified atom stereocenters. The van der Waals surface area contributed by atoms with Crippen LogP contribution in [0.2, 0.25) is 0 Å². The first kappa shape index (κ1) is 15.3. The van der Waals surface area contributed by atoms with Crippen LogP contribution in [-0.4, -0.2) is 18.7 Å². The minimum atomic E-state index is 0.625. The molecular formula is C17H22N2O2. The smallest absolute Gasteiger partial charge is 0.165 e. The van der Waals surface area contributed by atoms with Gasteiger partial charge in [-0.05, 0) is 31.5 Å². The Bertz CT molecular complexity index is 585. The molecule has 1 N–H and O–H groups in total. The Balaban J connectivity index is 2.03. The Kier molecular flexibility index (Phi) is 5.58. The second-order valence-corrected chi connectivity index (χ2v) is 4.75. The second kappa shape index (κ2) is 7.64. The SMILES string of the molecule is CCOc1cccc(CNCc2ncccc2C)c1OC. The number of nitrogens with one attached hydrogen (secondary N) is 1. The average molecular weight is 286 g/mol. The molecule has 0 fully saturated rings. The lowest BCUT2D eigenvalue weighted by Crippen LogP contribution is -2.15. The molecule has 1 aromatic carbocycles. The van der Waals surface area contributed by atoms with Crippen molar-refractivity contribution < 1.29 is 9.47 Å². The predicted molar refractivity (Wildman–Crippen MR) is 83.7 cm³/mol. The zero-order valence-corrected chi connectivity index (χ0v) is 12.8. The van der Waals surface area contributed by atoms with Crippen LogP contribution >= 0.6 is 0 Å². The Hall–Kier alpha value is -2.07. The summed E-state index contributed by atoms with van der Waals surface area (Å²) in [5, 5.41) is 3.40. The van der Waals surface area contributed by atoms with Crippen molar-refractivity contribution >= 4 is 0 Å². The molecule has 21 heavy (non-hydrogen) atoms. The fourth-order valence-electron chi connectivity index (χ4n) is 2.22. The number of ether oxygens (including phenoxy) is 2. The molecule has 0 bridgehead atoms. The van der Waals surface area contributed by atoms with E-state index in [2.05, 4.69) is 23.3 Å². The standard InChI is InChI=1S/C17H22N2O2/c1-4-21-16-9-5-8-14(17(16)20-3)11-18-12-15-13(2)7-6-10-19-15/h5-10,18H,4,11-12H2,1-3H3. The number of hydrogen-bond donors (Lipinski definition) is 1. The molecule has 0 amide bonds. The summed E-state index contributed by atoms with van der Waals surface area (Å²) < 4.78 is 11.1. The number of benzene rings is 1. The summed E-state index contributed by atoms with van der Waals surface area (Å²) in [7, 11) is 1.67. The highest BCUT2D eigenvalue weighted by Gasteiger charge is 2.09. The fraction of sp³-hybridized carbons (Fsp3) is 0.353. The summed E-state index contributed by atoms with van der Waals surface area (Å²) in [5.74, 6) is 1.58. The van der Waals surface area contributed by atoms with E-state index in [0.717, 1.165) is 29.3 Å². The van der Waals surface area contributed by atoms with Crippen molar-refractivity contribution in [1.29, 1.82) is 0 Å². The first-order valence-electron chi connectivity index (χ1n) is 7.16. The number of aryl methyl sites for hydroxylation is 1. The molecule has 0 saturated heterocycles. The molecule has 4 heteroatoms. The summed E-state index contributed by atoms with van der Waals surface area (Å²) in [5.41, 5.74) is 3.34. The topological polar surface area (TPSA) is 43.4 Å². The van der Waals surface area contributed by atoms with E-state index in [1.165, 1.54) is 5.56 Å². The van der Waals surface area contributed by atoms with Gasteiger partial charge in [-0.25, -0.2) is 0 Å². The Labute approximate surface area is 126 Å². The zero-order chi connectivity index (χ0) is 15.1. The van der Waals surface area contributed by atoms with Gasteiger partial charge in [0, 0.05) is 24.8 Å². The molecule has 0 aliphatic heterocycles. The third-order valence-electron chi connectivity index (χ3n) is 3.29. The van der Waals surface area contributed by atoms with Crippen molar-refractivity contribution in [3.05, 3.63) is 53.3 Å². The van der Waals surface area contributed by atoms with Crippen LogP contribution in [0.5, 0.6) is 11.5 Å². The molecule has 4 nitrogen and oxygen atoms in total. The highest BCUT2D eigenvalue weighted by molar-refractivity contribution is 5.46. The molecule has 112 valence electrons. The molecular weight excluding hydrogens is 264 g/mol. The maximum atomic E-state index is 5.59. The minimum absolute atomic E-state index is 0.625. The minimum Gasteiger partial charge on any atom is -0.493 e. The normalized spacial score (nSPS) is 10.4. The lowest BCUT2D eigenvalue weighted by atomic mass is 10.1. The van der Waals surface area contributed by atoms with Crippen LogP contribution in [0.15, 0.2) is 36.5 Å². The van der Waals surface area contributed by atoms with Crippen molar-refractivity contribution in [2.75, 3.05) is 13.7 Å². The van der Waals surface area contributed by atoms with Crippen LogP contribution in [0.3, 0.4) is 0 Å². The van der Waals surface area contributed by atoms with Crippen molar-refractivity contribution in [2.45, 2.75) is 26.9 Å². The van der Waals surface area contributed by atoms with E-state index >= 15 is 0 Å². The summed E-state index contributed by atoms with van der Waals surface area (Å²) in [6.07, 6.45) is 1.82. The van der Waals surface area contributed by atoms with Crippen LogP contribution in [0, 0.1) is 6.92 Å². The van der Waals surface area contributed by atoms with Gasteiger partial charge < -0.3 is 14.8 Å². The average Bonchev–Trinajstić information content (AvgIpc) is 2.50. The second-order valence-electron chi connectivity index (χ2n) is 4.75. The van der Waals surface area contributed by atoms with Gasteiger partial charge in [0.2, 0.25) is 0 Å². The quantitative estimate of drug-likeness (QED) is 0.849. The van der Waals surface area contributed by atoms with Crippen molar-refractivity contribution in [3.63, 3.8) is 0 Å². The number of pyridine rings is 1. The Morgan fingerprint density at radius 3 is 2.71 bits per heavy atom. The lowest BCUT2D eigenvalue weighted by molar-refractivity contribution is 0.308. The number of methoxy groups -OCH3 is 1. The van der Waals surface area contributed by atoms with Gasteiger partial charge in [0.1, 0.15) is 0 Å². The lowest BCUT2D eigenvalue weighted by Gasteiger charge is -2.14. The molecule has 0 aliphatic carbocycles. The molecule has 2 aromatic rings. The number of aromatic nitrogens is 1. The van der Waals surface area contributed by atoms with Gasteiger partial charge in [0.15, 0.2) is 11.5 Å². The molecule has 1 heterocycles. The van der Waals surface area contributed by atoms with Gasteiger partial charge in [0.25, 0.3) is 0 Å². The molecule has 0 aliphatic rings. The first-order valence-corrected chi connectivity index (χ1v) is 7.16. The molecule has 0 radical (unpaired) electrons. The Morgan fingerprint density at radius 2 is 2.00 bits per heavy atom. The van der Waals surface area contributed by atoms with E-state index in [1.54, 1.807) is 7.11 Å². The van der Waals surface area contributed by atoms with E-state index in [0.29, 0.717) is 13.2 Å². The molecule has 0 saturated carbocycles. The first-order chi connectivity index (χ1) is 10.3. The van der Waals surface area contributed by atoms with Crippen LogP contribution in [0.1, 0.15) is 23.7 Å².